The molecule has 7 heteroatoms. The van der Waals surface area contributed by atoms with Crippen LogP contribution in [0.3, 0.4) is 0 Å². The van der Waals surface area contributed by atoms with Gasteiger partial charge in [0.05, 0.1) is 13.2 Å². The second-order valence-electron chi connectivity index (χ2n) is 2.28. The van der Waals surface area contributed by atoms with E-state index in [1.807, 2.05) is 0 Å². The first-order valence-corrected chi connectivity index (χ1v) is 6.05. The predicted octanol–water partition coefficient (Wildman–Crippen LogP) is 0.930. The van der Waals surface area contributed by atoms with Gasteiger partial charge in [-0.2, -0.15) is 5.48 Å². The van der Waals surface area contributed by atoms with Crippen LogP contribution in [-0.4, -0.2) is 32.4 Å². The molecule has 0 aliphatic heterocycles. The molecule has 14 heavy (non-hydrogen) atoms. The van der Waals surface area contributed by atoms with Gasteiger partial charge < -0.3 is 13.9 Å². The first-order chi connectivity index (χ1) is 6.58. The number of hydrogen-bond acceptors (Lipinski definition) is 6. The predicted molar refractivity (Wildman–Crippen MR) is 50.9 cm³/mol. The minimum absolute atomic E-state index is 0.226. The first-order valence-electron chi connectivity index (χ1n) is 4.32. The number of hydroxylamine groups is 1. The van der Waals surface area contributed by atoms with E-state index in [-0.39, 0.29) is 19.4 Å². The average molecular weight is 225 g/mol. The number of rotatable bonds is 7. The Balaban J connectivity index is 4.21. The number of carbonyl (C=O) groups is 1. The Morgan fingerprint density at radius 2 is 1.79 bits per heavy atom. The van der Waals surface area contributed by atoms with E-state index in [2.05, 4.69) is 10.3 Å². The highest BCUT2D eigenvalue weighted by molar-refractivity contribution is 7.54. The topological polar surface area (TPSA) is 73.9 Å². The summed E-state index contributed by atoms with van der Waals surface area (Å²) in [6, 6.07) is 0. The molecule has 0 atom stereocenters. The van der Waals surface area contributed by atoms with Crippen molar-refractivity contribution >= 4 is 13.6 Å². The number of nitrogens with one attached hydrogen (secondary N) is 1. The molecule has 0 rings (SSSR count). The van der Waals surface area contributed by atoms with Crippen LogP contribution in [0, 0.1) is 0 Å². The van der Waals surface area contributed by atoms with Crippen LogP contribution in [0.4, 0.5) is 0 Å². The zero-order valence-electron chi connectivity index (χ0n) is 8.61. The molecule has 0 radical (unpaired) electrons. The van der Waals surface area contributed by atoms with Crippen LogP contribution in [0.1, 0.15) is 13.8 Å². The number of hydrogen-bond donors (Lipinski definition) is 1. The van der Waals surface area contributed by atoms with Gasteiger partial charge in [-0.3, -0.25) is 4.57 Å². The minimum Gasteiger partial charge on any atom is -0.370 e. The zero-order chi connectivity index (χ0) is 11.0. The lowest BCUT2D eigenvalue weighted by atomic mass is 10.8. The molecule has 0 amide bonds. The van der Waals surface area contributed by atoms with E-state index in [0.717, 1.165) is 0 Å². The summed E-state index contributed by atoms with van der Waals surface area (Å²) in [5, 5.41) is 0. The van der Waals surface area contributed by atoms with Gasteiger partial charge >= 0.3 is 13.6 Å². The van der Waals surface area contributed by atoms with Crippen LogP contribution in [-0.2, 0) is 23.2 Å². The van der Waals surface area contributed by atoms with Crippen LogP contribution < -0.4 is 5.48 Å². The van der Waals surface area contributed by atoms with E-state index in [0.29, 0.717) is 0 Å². The van der Waals surface area contributed by atoms with E-state index in [1.54, 1.807) is 13.8 Å². The quantitative estimate of drug-likeness (QED) is 0.513. The zero-order valence-corrected chi connectivity index (χ0v) is 9.50. The summed E-state index contributed by atoms with van der Waals surface area (Å²) >= 11 is 0. The van der Waals surface area contributed by atoms with Gasteiger partial charge in [0.25, 0.3) is 0 Å². The monoisotopic (exact) mass is 225 g/mol. The Hall–Kier alpha value is -0.420. The summed E-state index contributed by atoms with van der Waals surface area (Å²) in [5.74, 6) is -0.669. The molecule has 0 aliphatic rings. The smallest absolute Gasteiger partial charge is 0.341 e. The molecule has 0 spiro atoms. The summed E-state index contributed by atoms with van der Waals surface area (Å²) in [7, 11) is -1.89. The van der Waals surface area contributed by atoms with Crippen LogP contribution >= 0.6 is 7.60 Å². The lowest BCUT2D eigenvalue weighted by molar-refractivity contribution is -0.146. The summed E-state index contributed by atoms with van der Waals surface area (Å²) in [5.41, 5.74) is 2.19. The molecule has 0 aromatic heterocycles. The van der Waals surface area contributed by atoms with Crippen LogP contribution in [0.2, 0.25) is 0 Å². The van der Waals surface area contributed by atoms with Crippen molar-refractivity contribution < 1.29 is 23.2 Å². The van der Waals surface area contributed by atoms with E-state index in [1.165, 1.54) is 7.05 Å². The summed E-state index contributed by atoms with van der Waals surface area (Å²) < 4.78 is 21.5. The molecule has 0 saturated carbocycles. The molecule has 84 valence electrons. The highest BCUT2D eigenvalue weighted by Gasteiger charge is 2.28. The third-order valence-corrected chi connectivity index (χ3v) is 3.14. The first kappa shape index (κ1) is 13.6. The summed E-state index contributed by atoms with van der Waals surface area (Å²) in [6.45, 7) is 3.80. The molecule has 0 aromatic rings. The lowest BCUT2D eigenvalue weighted by Crippen LogP contribution is -2.19. The fraction of sp³-hybridized carbons (Fsp3) is 0.857. The number of carbonyl (C=O) groups excluding carboxylic acids is 1. The molecule has 0 saturated heterocycles. The minimum atomic E-state index is -3.32. The molecule has 0 fully saturated rings. The van der Waals surface area contributed by atoms with Gasteiger partial charge in [0.1, 0.15) is 6.16 Å². The van der Waals surface area contributed by atoms with Crippen molar-refractivity contribution in [3.05, 3.63) is 0 Å². The van der Waals surface area contributed by atoms with Gasteiger partial charge in [0.2, 0.25) is 0 Å². The van der Waals surface area contributed by atoms with E-state index in [9.17, 15) is 9.36 Å². The van der Waals surface area contributed by atoms with E-state index >= 15 is 0 Å². The van der Waals surface area contributed by atoms with Crippen molar-refractivity contribution in [2.24, 2.45) is 0 Å². The maximum atomic E-state index is 11.7. The lowest BCUT2D eigenvalue weighted by Gasteiger charge is -2.15. The molecular weight excluding hydrogens is 209 g/mol. The van der Waals surface area contributed by atoms with Crippen LogP contribution in [0.25, 0.3) is 0 Å². The van der Waals surface area contributed by atoms with Crippen molar-refractivity contribution in [1.29, 1.82) is 0 Å². The Morgan fingerprint density at radius 3 is 2.14 bits per heavy atom. The fourth-order valence-electron chi connectivity index (χ4n) is 0.826. The summed E-state index contributed by atoms with van der Waals surface area (Å²) in [4.78, 5) is 15.4. The molecule has 0 aliphatic carbocycles. The summed E-state index contributed by atoms with van der Waals surface area (Å²) in [6.07, 6.45) is -0.379. The van der Waals surface area contributed by atoms with Gasteiger partial charge in [0.15, 0.2) is 0 Å². The van der Waals surface area contributed by atoms with Crippen molar-refractivity contribution in [2.75, 3.05) is 26.4 Å². The van der Waals surface area contributed by atoms with Gasteiger partial charge in [-0.05, 0) is 13.8 Å². The Bertz CT molecular complexity index is 210. The van der Waals surface area contributed by atoms with Crippen molar-refractivity contribution in [3.63, 3.8) is 0 Å². The molecular formula is C7H16NO5P. The third-order valence-electron chi connectivity index (χ3n) is 1.19. The van der Waals surface area contributed by atoms with Crippen LogP contribution in [0.15, 0.2) is 0 Å². The Morgan fingerprint density at radius 1 is 1.29 bits per heavy atom. The second kappa shape index (κ2) is 6.95. The average Bonchev–Trinajstić information content (AvgIpc) is 2.04. The molecule has 6 nitrogen and oxygen atoms in total. The van der Waals surface area contributed by atoms with Gasteiger partial charge in [-0.15, -0.1) is 0 Å². The van der Waals surface area contributed by atoms with Crippen LogP contribution in [0.5, 0.6) is 0 Å². The SMILES string of the molecule is CCOP(=O)(CC(=O)ONC)OCC. The molecule has 0 heterocycles. The standard InChI is InChI=1S/C7H16NO5P/c1-4-11-14(10,12-5-2)6-7(9)13-8-3/h8H,4-6H2,1-3H3. The maximum absolute atomic E-state index is 11.7. The highest BCUT2D eigenvalue weighted by Crippen LogP contribution is 2.47. The van der Waals surface area contributed by atoms with Crippen molar-refractivity contribution in [3.8, 4) is 0 Å². The van der Waals surface area contributed by atoms with E-state index < -0.39 is 13.6 Å². The fourth-order valence-corrected chi connectivity index (χ4v) is 2.25. The molecule has 0 aromatic carbocycles. The Labute approximate surface area is 83.4 Å². The van der Waals surface area contributed by atoms with Crippen molar-refractivity contribution in [2.45, 2.75) is 13.8 Å². The van der Waals surface area contributed by atoms with Gasteiger partial charge in [-0.1, -0.05) is 0 Å². The van der Waals surface area contributed by atoms with Crippen molar-refractivity contribution in [1.82, 2.24) is 5.48 Å². The molecule has 1 N–H and O–H groups in total. The largest absolute Gasteiger partial charge is 0.370 e. The highest BCUT2D eigenvalue weighted by atomic mass is 31.2. The third kappa shape index (κ3) is 5.34. The van der Waals surface area contributed by atoms with Gasteiger partial charge in [-0.25, -0.2) is 4.79 Å². The Kier molecular flexibility index (Phi) is 6.74. The van der Waals surface area contributed by atoms with Gasteiger partial charge in [0, 0.05) is 7.05 Å². The van der Waals surface area contributed by atoms with E-state index in [4.69, 9.17) is 9.05 Å². The maximum Gasteiger partial charge on any atom is 0.341 e. The molecule has 0 unspecified atom stereocenters. The molecule has 0 bridgehead atoms. The normalized spacial score (nSPS) is 11.4. The second-order valence-corrected chi connectivity index (χ2v) is 4.34.